The van der Waals surface area contributed by atoms with Gasteiger partial charge < -0.3 is 4.90 Å². The molecular weight excluding hydrogens is 359 g/mol. The number of hydrogen-bond donors (Lipinski definition) is 1. The topological polar surface area (TPSA) is 86.4 Å². The Morgan fingerprint density at radius 1 is 1.12 bits per heavy atom. The van der Waals surface area contributed by atoms with Crippen molar-refractivity contribution in [2.75, 3.05) is 26.2 Å². The lowest BCUT2D eigenvalue weighted by Gasteiger charge is -2.33. The predicted octanol–water partition coefficient (Wildman–Crippen LogP) is 1.47. The standard InChI is InChI=1S/C17H19FN4O3S/c18-13-3-1-12(2-4-13)15-11-16(20-19-15)17(23)21-7-9-22(10-8-21)26(24,25)14-5-6-14/h1-4,11,14H,5-10H2,(H,19,20). The van der Waals surface area contributed by atoms with Crippen LogP contribution in [0.5, 0.6) is 0 Å². The summed E-state index contributed by atoms with van der Waals surface area (Å²) >= 11 is 0. The lowest BCUT2D eigenvalue weighted by Crippen LogP contribution is -2.51. The lowest BCUT2D eigenvalue weighted by molar-refractivity contribution is 0.0692. The van der Waals surface area contributed by atoms with Gasteiger partial charge in [0.05, 0.1) is 10.9 Å². The van der Waals surface area contributed by atoms with Gasteiger partial charge in [-0.15, -0.1) is 0 Å². The fraction of sp³-hybridized carbons (Fsp3) is 0.412. The van der Waals surface area contributed by atoms with Crippen molar-refractivity contribution < 1.29 is 17.6 Å². The maximum atomic E-state index is 13.0. The van der Waals surface area contributed by atoms with Gasteiger partial charge in [-0.2, -0.15) is 9.40 Å². The predicted molar refractivity (Wildman–Crippen MR) is 93.4 cm³/mol. The van der Waals surface area contributed by atoms with E-state index >= 15 is 0 Å². The second-order valence-corrected chi connectivity index (χ2v) is 8.82. The molecule has 0 spiro atoms. The first-order valence-corrected chi connectivity index (χ1v) is 10.0. The minimum atomic E-state index is -3.19. The van der Waals surface area contributed by atoms with Crippen LogP contribution in [0.1, 0.15) is 23.3 Å². The Balaban J connectivity index is 1.42. The number of sulfonamides is 1. The van der Waals surface area contributed by atoms with Gasteiger partial charge in [-0.25, -0.2) is 12.8 Å². The highest BCUT2D eigenvalue weighted by molar-refractivity contribution is 7.90. The fourth-order valence-corrected chi connectivity index (χ4v) is 4.92. The summed E-state index contributed by atoms with van der Waals surface area (Å²) in [6.07, 6.45) is 1.48. The smallest absolute Gasteiger partial charge is 0.271 e. The second kappa shape index (κ2) is 6.48. The molecule has 0 bridgehead atoms. The number of nitrogens with one attached hydrogen (secondary N) is 1. The van der Waals surface area contributed by atoms with E-state index in [0.29, 0.717) is 43.1 Å². The Labute approximate surface area is 150 Å². The van der Waals surface area contributed by atoms with Crippen LogP contribution in [-0.4, -0.2) is 65.2 Å². The van der Waals surface area contributed by atoms with Gasteiger partial charge in [-0.05, 0) is 43.2 Å². The molecule has 0 radical (unpaired) electrons. The monoisotopic (exact) mass is 378 g/mol. The molecule has 0 atom stereocenters. The molecule has 1 N–H and O–H groups in total. The van der Waals surface area contributed by atoms with Crippen LogP contribution in [-0.2, 0) is 10.0 Å². The summed E-state index contributed by atoms with van der Waals surface area (Å²) in [5.74, 6) is -0.547. The molecule has 1 saturated carbocycles. The van der Waals surface area contributed by atoms with Crippen molar-refractivity contribution in [1.82, 2.24) is 19.4 Å². The van der Waals surface area contributed by atoms with E-state index < -0.39 is 10.0 Å². The third-order valence-corrected chi connectivity index (χ3v) is 7.18. The largest absolute Gasteiger partial charge is 0.335 e. The van der Waals surface area contributed by atoms with Crippen LogP contribution in [0.2, 0.25) is 0 Å². The number of benzene rings is 1. The summed E-state index contributed by atoms with van der Waals surface area (Å²) in [5, 5.41) is 6.61. The summed E-state index contributed by atoms with van der Waals surface area (Å²) in [7, 11) is -3.19. The molecule has 1 amide bonds. The average molecular weight is 378 g/mol. The Kier molecular flexibility index (Phi) is 4.28. The van der Waals surface area contributed by atoms with E-state index in [-0.39, 0.29) is 17.0 Å². The molecule has 7 nitrogen and oxygen atoms in total. The maximum Gasteiger partial charge on any atom is 0.271 e. The molecule has 0 unspecified atom stereocenters. The van der Waals surface area contributed by atoms with E-state index in [1.54, 1.807) is 23.1 Å². The molecule has 1 aromatic heterocycles. The summed E-state index contributed by atoms with van der Waals surface area (Å²) < 4.78 is 39.0. The van der Waals surface area contributed by atoms with Gasteiger partial charge in [0.25, 0.3) is 5.91 Å². The summed E-state index contributed by atoms with van der Waals surface area (Å²) in [5.41, 5.74) is 1.60. The van der Waals surface area contributed by atoms with Crippen LogP contribution >= 0.6 is 0 Å². The van der Waals surface area contributed by atoms with Gasteiger partial charge in [0, 0.05) is 31.7 Å². The summed E-state index contributed by atoms with van der Waals surface area (Å²) in [4.78, 5) is 14.3. The first-order chi connectivity index (χ1) is 12.4. The van der Waals surface area contributed by atoms with Crippen molar-refractivity contribution >= 4 is 15.9 Å². The van der Waals surface area contributed by atoms with E-state index in [1.807, 2.05) is 0 Å². The molecule has 2 aliphatic rings. The highest BCUT2D eigenvalue weighted by Gasteiger charge is 2.41. The minimum absolute atomic E-state index is 0.214. The SMILES string of the molecule is O=C(c1cc(-c2ccc(F)cc2)n[nH]1)N1CCN(S(=O)(=O)C2CC2)CC1. The number of nitrogens with zero attached hydrogens (tertiary/aromatic N) is 3. The molecule has 1 saturated heterocycles. The van der Waals surface area contributed by atoms with E-state index in [1.165, 1.54) is 16.4 Å². The van der Waals surface area contributed by atoms with E-state index in [0.717, 1.165) is 12.8 Å². The molecule has 138 valence electrons. The quantitative estimate of drug-likeness (QED) is 0.873. The van der Waals surface area contributed by atoms with Crippen molar-refractivity contribution in [2.45, 2.75) is 18.1 Å². The van der Waals surface area contributed by atoms with Crippen LogP contribution in [0.3, 0.4) is 0 Å². The number of H-pyrrole nitrogens is 1. The van der Waals surface area contributed by atoms with Crippen LogP contribution < -0.4 is 0 Å². The Morgan fingerprint density at radius 2 is 1.77 bits per heavy atom. The van der Waals surface area contributed by atoms with Crippen molar-refractivity contribution in [3.05, 3.63) is 41.8 Å². The molecule has 2 heterocycles. The highest BCUT2D eigenvalue weighted by atomic mass is 32.2. The van der Waals surface area contributed by atoms with Gasteiger partial charge in [-0.3, -0.25) is 9.89 Å². The van der Waals surface area contributed by atoms with E-state index in [9.17, 15) is 17.6 Å². The Morgan fingerprint density at radius 3 is 2.38 bits per heavy atom. The minimum Gasteiger partial charge on any atom is -0.335 e. The lowest BCUT2D eigenvalue weighted by atomic mass is 10.1. The van der Waals surface area contributed by atoms with E-state index in [4.69, 9.17) is 0 Å². The Hall–Kier alpha value is -2.26. The first kappa shape index (κ1) is 17.2. The molecule has 2 aromatic rings. The zero-order valence-electron chi connectivity index (χ0n) is 14.1. The number of rotatable bonds is 4. The molecule has 1 aliphatic carbocycles. The number of piperazine rings is 1. The van der Waals surface area contributed by atoms with Crippen molar-refractivity contribution in [3.8, 4) is 11.3 Å². The average Bonchev–Trinajstić information content (AvgIpc) is 3.41. The number of halogens is 1. The van der Waals surface area contributed by atoms with Crippen LogP contribution in [0.25, 0.3) is 11.3 Å². The maximum absolute atomic E-state index is 13.0. The molecule has 1 aliphatic heterocycles. The van der Waals surface area contributed by atoms with Gasteiger partial charge >= 0.3 is 0 Å². The third-order valence-electron chi connectivity index (χ3n) is 4.78. The van der Waals surface area contributed by atoms with Gasteiger partial charge in [0.15, 0.2) is 0 Å². The van der Waals surface area contributed by atoms with Gasteiger partial charge in [0.2, 0.25) is 10.0 Å². The molecule has 9 heteroatoms. The molecule has 4 rings (SSSR count). The molecule has 2 fully saturated rings. The second-order valence-electron chi connectivity index (χ2n) is 6.61. The molecule has 26 heavy (non-hydrogen) atoms. The van der Waals surface area contributed by atoms with Gasteiger partial charge in [-0.1, -0.05) is 0 Å². The molecular formula is C17H19FN4O3S. The van der Waals surface area contributed by atoms with E-state index in [2.05, 4.69) is 10.2 Å². The summed E-state index contributed by atoms with van der Waals surface area (Å²) in [6.45, 7) is 1.36. The van der Waals surface area contributed by atoms with Crippen molar-refractivity contribution in [1.29, 1.82) is 0 Å². The van der Waals surface area contributed by atoms with Crippen molar-refractivity contribution in [2.24, 2.45) is 0 Å². The van der Waals surface area contributed by atoms with Crippen LogP contribution in [0.15, 0.2) is 30.3 Å². The number of hydrogen-bond acceptors (Lipinski definition) is 4. The third kappa shape index (κ3) is 3.24. The Bertz CT molecular complexity index is 914. The zero-order valence-corrected chi connectivity index (χ0v) is 14.9. The first-order valence-electron chi connectivity index (χ1n) is 8.55. The number of carbonyl (C=O) groups excluding carboxylic acids is 1. The fourth-order valence-electron chi connectivity index (χ4n) is 3.09. The number of carbonyl (C=O) groups is 1. The molecule has 1 aromatic carbocycles. The van der Waals surface area contributed by atoms with Crippen molar-refractivity contribution in [3.63, 3.8) is 0 Å². The number of amides is 1. The summed E-state index contributed by atoms with van der Waals surface area (Å²) in [6, 6.07) is 7.50. The van der Waals surface area contributed by atoms with Crippen LogP contribution in [0, 0.1) is 5.82 Å². The van der Waals surface area contributed by atoms with Crippen LogP contribution in [0.4, 0.5) is 4.39 Å². The number of aromatic nitrogens is 2. The van der Waals surface area contributed by atoms with Gasteiger partial charge in [0.1, 0.15) is 11.5 Å². The normalized spacial score (nSPS) is 18.9. The number of aromatic amines is 1. The zero-order chi connectivity index (χ0) is 18.3. The highest BCUT2D eigenvalue weighted by Crippen LogP contribution is 2.31.